The van der Waals surface area contributed by atoms with Crippen molar-refractivity contribution in [2.24, 2.45) is 0 Å². The van der Waals surface area contributed by atoms with Crippen molar-refractivity contribution < 1.29 is 0 Å². The quantitative estimate of drug-likeness (QED) is 0.374. The van der Waals surface area contributed by atoms with E-state index in [1.807, 2.05) is 0 Å². The summed E-state index contributed by atoms with van der Waals surface area (Å²) >= 11 is 0. The van der Waals surface area contributed by atoms with Crippen molar-refractivity contribution >= 4 is 21.8 Å². The van der Waals surface area contributed by atoms with E-state index >= 15 is 0 Å². The maximum Gasteiger partial charge on any atom is 0.0574 e. The van der Waals surface area contributed by atoms with Crippen LogP contribution in [0.2, 0.25) is 0 Å². The van der Waals surface area contributed by atoms with E-state index in [0.717, 1.165) is 6.54 Å². The Kier molecular flexibility index (Phi) is 1.80. The highest BCUT2D eigenvalue weighted by Crippen LogP contribution is 2.40. The Balaban J connectivity index is 2.07. The number of hydrogen-bond donors (Lipinski definition) is 0. The first-order valence-electron chi connectivity index (χ1n) is 7.02. The van der Waals surface area contributed by atoms with Crippen LogP contribution in [-0.2, 0) is 6.54 Å². The molecule has 0 bridgehead atoms. The Bertz CT molecular complexity index is 976. The molecule has 1 aromatic heterocycles. The van der Waals surface area contributed by atoms with Gasteiger partial charge in [0.1, 0.15) is 0 Å². The molecule has 0 spiro atoms. The molecule has 5 rings (SSSR count). The lowest BCUT2D eigenvalue weighted by Gasteiger charge is -2.20. The molecule has 0 atom stereocenters. The van der Waals surface area contributed by atoms with Gasteiger partial charge in [0, 0.05) is 28.4 Å². The molecule has 4 aromatic rings. The summed E-state index contributed by atoms with van der Waals surface area (Å²) in [5.74, 6) is 0. The number of rotatable bonds is 0. The first-order chi connectivity index (χ1) is 9.93. The van der Waals surface area contributed by atoms with Gasteiger partial charge in [-0.3, -0.25) is 0 Å². The summed E-state index contributed by atoms with van der Waals surface area (Å²) in [4.78, 5) is 0. The molecule has 0 amide bonds. The molecule has 1 aliphatic heterocycles. The fourth-order valence-corrected chi connectivity index (χ4v) is 3.58. The van der Waals surface area contributed by atoms with E-state index in [2.05, 4.69) is 71.3 Å². The number of para-hydroxylation sites is 2. The SMILES string of the molecule is c1ccc2c(c1)Cn1c3ccccc3c3cccc-2c31. The summed E-state index contributed by atoms with van der Waals surface area (Å²) in [7, 11) is 0. The Morgan fingerprint density at radius 1 is 0.650 bits per heavy atom. The molecule has 0 radical (unpaired) electrons. The van der Waals surface area contributed by atoms with Gasteiger partial charge in [-0.1, -0.05) is 60.7 Å². The molecule has 0 saturated heterocycles. The zero-order valence-electron chi connectivity index (χ0n) is 11.0. The molecule has 2 heterocycles. The van der Waals surface area contributed by atoms with E-state index in [1.54, 1.807) is 0 Å². The fourth-order valence-electron chi connectivity index (χ4n) is 3.58. The number of fused-ring (bicyclic) bond motifs is 5. The number of nitrogens with zero attached hydrogens (tertiary/aromatic N) is 1. The topological polar surface area (TPSA) is 4.93 Å². The van der Waals surface area contributed by atoms with Crippen LogP contribution in [0, 0.1) is 0 Å². The largest absolute Gasteiger partial charge is 0.335 e. The van der Waals surface area contributed by atoms with Crippen molar-refractivity contribution in [1.29, 1.82) is 0 Å². The lowest BCUT2D eigenvalue weighted by Crippen LogP contribution is -2.06. The maximum atomic E-state index is 2.46. The minimum atomic E-state index is 0.969. The van der Waals surface area contributed by atoms with Gasteiger partial charge in [0.25, 0.3) is 0 Å². The Hall–Kier alpha value is -2.54. The van der Waals surface area contributed by atoms with Crippen molar-refractivity contribution in [2.75, 3.05) is 0 Å². The highest BCUT2D eigenvalue weighted by atomic mass is 15.0. The van der Waals surface area contributed by atoms with E-state index < -0.39 is 0 Å². The maximum absolute atomic E-state index is 2.46. The monoisotopic (exact) mass is 255 g/mol. The van der Waals surface area contributed by atoms with Crippen molar-refractivity contribution in [3.8, 4) is 11.1 Å². The van der Waals surface area contributed by atoms with Crippen LogP contribution in [0.1, 0.15) is 5.56 Å². The number of hydrogen-bond acceptors (Lipinski definition) is 0. The third-order valence-corrected chi connectivity index (χ3v) is 4.43. The molecule has 0 aliphatic carbocycles. The third kappa shape index (κ3) is 1.13. The van der Waals surface area contributed by atoms with Gasteiger partial charge in [-0.15, -0.1) is 0 Å². The summed E-state index contributed by atoms with van der Waals surface area (Å²) in [5, 5.41) is 2.73. The predicted octanol–water partition coefficient (Wildman–Crippen LogP) is 4.82. The third-order valence-electron chi connectivity index (χ3n) is 4.43. The molecule has 0 N–H and O–H groups in total. The van der Waals surface area contributed by atoms with E-state index in [1.165, 1.54) is 38.5 Å². The summed E-state index contributed by atoms with van der Waals surface area (Å²) < 4.78 is 2.46. The number of aromatic nitrogens is 1. The van der Waals surface area contributed by atoms with E-state index in [0.29, 0.717) is 0 Å². The van der Waals surface area contributed by atoms with Crippen molar-refractivity contribution in [1.82, 2.24) is 4.57 Å². The average Bonchev–Trinajstić information content (AvgIpc) is 2.84. The summed E-state index contributed by atoms with van der Waals surface area (Å²) in [6.45, 7) is 0.969. The molecular formula is C19H13N. The van der Waals surface area contributed by atoms with Crippen LogP contribution >= 0.6 is 0 Å². The molecule has 1 nitrogen and oxygen atoms in total. The van der Waals surface area contributed by atoms with Gasteiger partial charge in [-0.2, -0.15) is 0 Å². The van der Waals surface area contributed by atoms with Crippen LogP contribution in [-0.4, -0.2) is 4.57 Å². The van der Waals surface area contributed by atoms with Crippen molar-refractivity contribution in [2.45, 2.75) is 6.54 Å². The second-order valence-corrected chi connectivity index (χ2v) is 5.46. The highest BCUT2D eigenvalue weighted by Gasteiger charge is 2.20. The van der Waals surface area contributed by atoms with E-state index in [-0.39, 0.29) is 0 Å². The zero-order chi connectivity index (χ0) is 13.1. The Morgan fingerprint density at radius 2 is 1.40 bits per heavy atom. The normalized spacial score (nSPS) is 12.8. The van der Waals surface area contributed by atoms with Crippen LogP contribution in [0.15, 0.2) is 66.7 Å². The predicted molar refractivity (Wildman–Crippen MR) is 84.0 cm³/mol. The van der Waals surface area contributed by atoms with Gasteiger partial charge in [-0.05, 0) is 17.2 Å². The van der Waals surface area contributed by atoms with Crippen molar-refractivity contribution in [3.05, 3.63) is 72.3 Å². The minimum Gasteiger partial charge on any atom is -0.335 e. The molecule has 0 fully saturated rings. The molecule has 1 aliphatic rings. The van der Waals surface area contributed by atoms with E-state index in [9.17, 15) is 0 Å². The molecular weight excluding hydrogens is 242 g/mol. The van der Waals surface area contributed by atoms with Gasteiger partial charge in [-0.25, -0.2) is 0 Å². The average molecular weight is 255 g/mol. The second-order valence-electron chi connectivity index (χ2n) is 5.46. The van der Waals surface area contributed by atoms with E-state index in [4.69, 9.17) is 0 Å². The fraction of sp³-hybridized carbons (Fsp3) is 0.0526. The van der Waals surface area contributed by atoms with Gasteiger partial charge < -0.3 is 4.57 Å². The number of benzene rings is 3. The highest BCUT2D eigenvalue weighted by molar-refractivity contribution is 6.13. The van der Waals surface area contributed by atoms with Crippen LogP contribution in [0.4, 0.5) is 0 Å². The molecule has 3 aromatic carbocycles. The molecule has 94 valence electrons. The summed E-state index contributed by atoms with van der Waals surface area (Å²) in [6.07, 6.45) is 0. The van der Waals surface area contributed by atoms with Crippen LogP contribution in [0.3, 0.4) is 0 Å². The first kappa shape index (κ1) is 10.3. The van der Waals surface area contributed by atoms with Crippen LogP contribution in [0.25, 0.3) is 32.9 Å². The van der Waals surface area contributed by atoms with Crippen molar-refractivity contribution in [3.63, 3.8) is 0 Å². The molecule has 0 unspecified atom stereocenters. The first-order valence-corrected chi connectivity index (χ1v) is 7.02. The van der Waals surface area contributed by atoms with Gasteiger partial charge >= 0.3 is 0 Å². The smallest absolute Gasteiger partial charge is 0.0574 e. The zero-order valence-corrected chi connectivity index (χ0v) is 11.0. The van der Waals surface area contributed by atoms with Crippen LogP contribution < -0.4 is 0 Å². The minimum absolute atomic E-state index is 0.969. The second kappa shape index (κ2) is 3.51. The van der Waals surface area contributed by atoms with Crippen LogP contribution in [0.5, 0.6) is 0 Å². The molecule has 0 saturated carbocycles. The summed E-state index contributed by atoms with van der Waals surface area (Å²) in [6, 6.07) is 24.1. The molecule has 1 heteroatoms. The van der Waals surface area contributed by atoms with Gasteiger partial charge in [0.2, 0.25) is 0 Å². The Labute approximate surface area is 117 Å². The Morgan fingerprint density at radius 3 is 2.40 bits per heavy atom. The lowest BCUT2D eigenvalue weighted by molar-refractivity contribution is 0.860. The summed E-state index contributed by atoms with van der Waals surface area (Å²) in [5.41, 5.74) is 6.87. The van der Waals surface area contributed by atoms with Gasteiger partial charge in [0.05, 0.1) is 5.52 Å². The standard InChI is InChI=1S/C19H13N/c1-2-7-14-13(6-1)12-20-18-11-4-3-8-15(18)17-10-5-9-16(14)19(17)20/h1-11H,12H2. The van der Waals surface area contributed by atoms with Gasteiger partial charge in [0.15, 0.2) is 0 Å². The molecule has 20 heavy (non-hydrogen) atoms. The lowest BCUT2D eigenvalue weighted by atomic mass is 9.95.